The molecule has 1 N–H and O–H groups in total. The largest absolute Gasteiger partial charge is 0.351 e. The molecule has 0 fully saturated rings. The molecule has 1 aliphatic heterocycles. The summed E-state index contributed by atoms with van der Waals surface area (Å²) in [6.45, 7) is 3.22. The van der Waals surface area contributed by atoms with E-state index in [1.54, 1.807) is 11.8 Å². The number of rotatable bonds is 6. The third kappa shape index (κ3) is 4.41. The normalized spacial score (nSPS) is 13.8. The summed E-state index contributed by atoms with van der Waals surface area (Å²) in [5.41, 5.74) is 0.775. The summed E-state index contributed by atoms with van der Waals surface area (Å²) in [5, 5.41) is 3.62. The number of thioether (sulfide) groups is 1. The van der Waals surface area contributed by atoms with Crippen LogP contribution < -0.4 is 10.9 Å². The first-order valence-corrected chi connectivity index (χ1v) is 11.9. The predicted octanol–water partition coefficient (Wildman–Crippen LogP) is 4.41. The Morgan fingerprint density at radius 2 is 2.07 bits per heavy atom. The number of carbonyl (C=O) groups excluding carboxylic acids is 1. The van der Waals surface area contributed by atoms with Crippen LogP contribution in [0.1, 0.15) is 46.7 Å². The Hall–Kier alpha value is -2.12. The molecule has 1 aliphatic rings. The Labute approximate surface area is 178 Å². The first-order valence-electron chi connectivity index (χ1n) is 10.1. The molecule has 0 unspecified atom stereocenters. The lowest BCUT2D eigenvalue weighted by molar-refractivity contribution is 0.0957. The Morgan fingerprint density at radius 3 is 2.90 bits per heavy atom. The Balaban J connectivity index is 1.43. The van der Waals surface area contributed by atoms with Gasteiger partial charge < -0.3 is 5.32 Å². The molecular formula is C22H25N3O2S2. The van der Waals surface area contributed by atoms with Gasteiger partial charge in [-0.25, -0.2) is 4.98 Å². The smallest absolute Gasteiger partial charge is 0.262 e. The van der Waals surface area contributed by atoms with Gasteiger partial charge in [0.25, 0.3) is 11.5 Å². The van der Waals surface area contributed by atoms with Crippen LogP contribution >= 0.6 is 23.1 Å². The van der Waals surface area contributed by atoms with E-state index in [9.17, 15) is 9.59 Å². The summed E-state index contributed by atoms with van der Waals surface area (Å²) in [7, 11) is 0. The van der Waals surface area contributed by atoms with E-state index in [2.05, 4.69) is 17.4 Å². The lowest BCUT2D eigenvalue weighted by atomic mass is 10.2. The summed E-state index contributed by atoms with van der Waals surface area (Å²) in [5.74, 6) is 1.71. The van der Waals surface area contributed by atoms with Gasteiger partial charge in [0.05, 0.1) is 10.3 Å². The number of amides is 1. The van der Waals surface area contributed by atoms with E-state index in [0.29, 0.717) is 21.6 Å². The van der Waals surface area contributed by atoms with E-state index < -0.39 is 0 Å². The van der Waals surface area contributed by atoms with Crippen molar-refractivity contribution < 1.29 is 4.79 Å². The summed E-state index contributed by atoms with van der Waals surface area (Å²) >= 11 is 3.13. The van der Waals surface area contributed by atoms with Gasteiger partial charge in [-0.3, -0.25) is 14.2 Å². The van der Waals surface area contributed by atoms with E-state index in [-0.39, 0.29) is 11.5 Å². The summed E-state index contributed by atoms with van der Waals surface area (Å²) in [4.78, 5) is 33.0. The fourth-order valence-electron chi connectivity index (χ4n) is 3.69. The van der Waals surface area contributed by atoms with Gasteiger partial charge in [0.1, 0.15) is 10.7 Å². The van der Waals surface area contributed by atoms with Crippen LogP contribution in [0.25, 0.3) is 10.2 Å². The van der Waals surface area contributed by atoms with Crippen LogP contribution in [0, 0.1) is 6.92 Å². The van der Waals surface area contributed by atoms with E-state index >= 15 is 0 Å². The zero-order chi connectivity index (χ0) is 20.2. The number of hydrogen-bond donors (Lipinski definition) is 1. The fraction of sp³-hybridized carbons (Fsp3) is 0.409. The minimum atomic E-state index is -0.102. The van der Waals surface area contributed by atoms with Crippen molar-refractivity contribution in [1.82, 2.24) is 14.9 Å². The van der Waals surface area contributed by atoms with E-state index in [1.807, 2.05) is 29.7 Å². The number of aromatic nitrogens is 2. The number of nitrogens with zero attached hydrogens (tertiary/aromatic N) is 2. The van der Waals surface area contributed by atoms with Crippen molar-refractivity contribution in [2.75, 3.05) is 12.3 Å². The molecule has 1 aromatic carbocycles. The van der Waals surface area contributed by atoms with Crippen molar-refractivity contribution in [3.05, 3.63) is 57.0 Å². The van der Waals surface area contributed by atoms with Gasteiger partial charge in [0.2, 0.25) is 0 Å². The van der Waals surface area contributed by atoms with E-state index in [4.69, 9.17) is 4.98 Å². The maximum atomic E-state index is 13.0. The highest BCUT2D eigenvalue weighted by molar-refractivity contribution is 7.99. The summed E-state index contributed by atoms with van der Waals surface area (Å²) in [6, 6.07) is 10.3. The molecule has 3 heterocycles. The number of aryl methyl sites for hydroxylation is 2. The average Bonchev–Trinajstić information content (AvgIpc) is 2.89. The molecule has 0 saturated heterocycles. The molecule has 3 aromatic rings. The highest BCUT2D eigenvalue weighted by Gasteiger charge is 2.22. The molecule has 0 radical (unpaired) electrons. The quantitative estimate of drug-likeness (QED) is 0.468. The van der Waals surface area contributed by atoms with Crippen LogP contribution in [-0.2, 0) is 13.0 Å². The molecule has 29 heavy (non-hydrogen) atoms. The van der Waals surface area contributed by atoms with Gasteiger partial charge in [-0.15, -0.1) is 23.1 Å². The zero-order valence-electron chi connectivity index (χ0n) is 16.6. The molecule has 152 valence electrons. The molecule has 1 amide bonds. The van der Waals surface area contributed by atoms with Crippen LogP contribution in [0.2, 0.25) is 0 Å². The van der Waals surface area contributed by atoms with Crippen molar-refractivity contribution >= 4 is 39.2 Å². The Kier molecular flexibility index (Phi) is 6.35. The predicted molar refractivity (Wildman–Crippen MR) is 120 cm³/mol. The zero-order valence-corrected chi connectivity index (χ0v) is 18.2. The van der Waals surface area contributed by atoms with Crippen LogP contribution in [0.5, 0.6) is 0 Å². The highest BCUT2D eigenvalue weighted by atomic mass is 32.2. The first kappa shape index (κ1) is 20.2. The SMILES string of the molecule is Cc1c(C(=O)NCCCSc2ccccc2)sc2nc3n(c(=O)c12)CCCCC3. The van der Waals surface area contributed by atoms with Crippen LogP contribution in [-0.4, -0.2) is 27.8 Å². The molecule has 0 saturated carbocycles. The van der Waals surface area contributed by atoms with Crippen LogP contribution in [0.4, 0.5) is 0 Å². The lowest BCUT2D eigenvalue weighted by Crippen LogP contribution is -2.25. The second-order valence-electron chi connectivity index (χ2n) is 7.30. The molecule has 0 bridgehead atoms. The standard InChI is InChI=1S/C22H25N3O2S2/c1-15-18-21(24-17-11-6-3-7-13-25(17)22(18)27)29-19(15)20(26)23-12-8-14-28-16-9-4-2-5-10-16/h2,4-5,9-10H,3,6-8,11-14H2,1H3,(H,23,26). The monoisotopic (exact) mass is 427 g/mol. The third-order valence-electron chi connectivity index (χ3n) is 5.24. The van der Waals surface area contributed by atoms with Crippen LogP contribution in [0.15, 0.2) is 40.0 Å². The number of thiophene rings is 1. The highest BCUT2D eigenvalue weighted by Crippen LogP contribution is 2.28. The first-order chi connectivity index (χ1) is 14.1. The topological polar surface area (TPSA) is 64.0 Å². The second-order valence-corrected chi connectivity index (χ2v) is 9.47. The minimum Gasteiger partial charge on any atom is -0.351 e. The number of hydrogen-bond acceptors (Lipinski definition) is 5. The molecule has 0 atom stereocenters. The van der Waals surface area contributed by atoms with Crippen molar-refractivity contribution in [3.8, 4) is 0 Å². The molecule has 2 aromatic heterocycles. The second kappa shape index (κ2) is 9.13. The molecule has 4 rings (SSSR count). The average molecular weight is 428 g/mol. The van der Waals surface area contributed by atoms with Crippen LogP contribution in [0.3, 0.4) is 0 Å². The van der Waals surface area contributed by atoms with Crippen molar-refractivity contribution in [2.24, 2.45) is 0 Å². The number of carbonyl (C=O) groups is 1. The van der Waals surface area contributed by atoms with Gasteiger partial charge in [-0.1, -0.05) is 24.6 Å². The number of benzene rings is 1. The minimum absolute atomic E-state index is 0.0129. The summed E-state index contributed by atoms with van der Waals surface area (Å²) < 4.78 is 1.82. The number of nitrogens with one attached hydrogen (secondary N) is 1. The molecule has 0 aliphatic carbocycles. The molecular weight excluding hydrogens is 402 g/mol. The van der Waals surface area contributed by atoms with Gasteiger partial charge in [0.15, 0.2) is 0 Å². The third-order valence-corrected chi connectivity index (χ3v) is 7.52. The van der Waals surface area contributed by atoms with Gasteiger partial charge in [-0.05, 0) is 49.6 Å². The molecule has 0 spiro atoms. The van der Waals surface area contributed by atoms with E-state index in [0.717, 1.165) is 55.8 Å². The maximum absolute atomic E-state index is 13.0. The molecule has 5 nitrogen and oxygen atoms in total. The lowest BCUT2D eigenvalue weighted by Gasteiger charge is -2.08. The number of fused-ring (bicyclic) bond motifs is 2. The van der Waals surface area contributed by atoms with Gasteiger partial charge >= 0.3 is 0 Å². The maximum Gasteiger partial charge on any atom is 0.262 e. The van der Waals surface area contributed by atoms with Crippen molar-refractivity contribution in [3.63, 3.8) is 0 Å². The fourth-order valence-corrected chi connectivity index (χ4v) is 5.67. The van der Waals surface area contributed by atoms with Crippen molar-refractivity contribution in [2.45, 2.75) is 50.5 Å². The van der Waals surface area contributed by atoms with Crippen molar-refractivity contribution in [1.29, 1.82) is 0 Å². The van der Waals surface area contributed by atoms with Gasteiger partial charge in [-0.2, -0.15) is 0 Å². The summed E-state index contributed by atoms with van der Waals surface area (Å²) in [6.07, 6.45) is 4.94. The van der Waals surface area contributed by atoms with E-state index in [1.165, 1.54) is 16.2 Å². The Morgan fingerprint density at radius 1 is 1.24 bits per heavy atom. The Bertz CT molecular complexity index is 1070. The van der Waals surface area contributed by atoms with Gasteiger partial charge in [0, 0.05) is 24.4 Å². The molecule has 7 heteroatoms.